The summed E-state index contributed by atoms with van der Waals surface area (Å²) in [6.45, 7) is 5.20. The lowest BCUT2D eigenvalue weighted by Crippen LogP contribution is -2.32. The van der Waals surface area contributed by atoms with E-state index in [0.29, 0.717) is 36.8 Å². The van der Waals surface area contributed by atoms with Crippen molar-refractivity contribution in [1.82, 2.24) is 5.32 Å². The van der Waals surface area contributed by atoms with E-state index in [1.165, 1.54) is 5.56 Å². The molecular formula is C30H33N3O5. The van der Waals surface area contributed by atoms with Crippen LogP contribution in [0.15, 0.2) is 72.8 Å². The summed E-state index contributed by atoms with van der Waals surface area (Å²) < 4.78 is 11.0. The molecule has 0 unspecified atom stereocenters. The highest BCUT2D eigenvalue weighted by Crippen LogP contribution is 2.27. The van der Waals surface area contributed by atoms with Crippen LogP contribution in [0, 0.1) is 5.92 Å². The zero-order valence-corrected chi connectivity index (χ0v) is 21.7. The van der Waals surface area contributed by atoms with Crippen molar-refractivity contribution in [1.29, 1.82) is 0 Å². The van der Waals surface area contributed by atoms with Crippen LogP contribution >= 0.6 is 0 Å². The Kier molecular flexibility index (Phi) is 8.98. The molecule has 8 nitrogen and oxygen atoms in total. The molecule has 2 N–H and O–H groups in total. The number of hydrogen-bond donors (Lipinski definition) is 2. The summed E-state index contributed by atoms with van der Waals surface area (Å²) >= 11 is 0. The fourth-order valence-electron chi connectivity index (χ4n) is 4.23. The zero-order valence-electron chi connectivity index (χ0n) is 21.7. The number of ether oxygens (including phenoxy) is 2. The average molecular weight is 516 g/mol. The van der Waals surface area contributed by atoms with Crippen molar-refractivity contribution in [2.24, 2.45) is 5.92 Å². The SMILES string of the molecule is CCOc1ccc(NC(=O)COc2ccc(N3C[C@@H](C(=O)NCc4ccc(CC)cc4)CC3=O)cc2)cc1. The maximum Gasteiger partial charge on any atom is 0.262 e. The van der Waals surface area contributed by atoms with Gasteiger partial charge in [-0.1, -0.05) is 31.2 Å². The Morgan fingerprint density at radius 3 is 2.16 bits per heavy atom. The molecule has 0 aliphatic carbocycles. The minimum atomic E-state index is -0.403. The first-order valence-electron chi connectivity index (χ1n) is 12.9. The van der Waals surface area contributed by atoms with Crippen LogP contribution in [-0.4, -0.2) is 37.5 Å². The molecule has 0 aromatic heterocycles. The van der Waals surface area contributed by atoms with Gasteiger partial charge in [0.1, 0.15) is 11.5 Å². The molecule has 4 rings (SSSR count). The van der Waals surface area contributed by atoms with E-state index in [1.54, 1.807) is 53.4 Å². The maximum atomic E-state index is 12.7. The number of benzene rings is 3. The lowest BCUT2D eigenvalue weighted by molar-refractivity contribution is -0.126. The van der Waals surface area contributed by atoms with E-state index in [0.717, 1.165) is 17.7 Å². The lowest BCUT2D eigenvalue weighted by Gasteiger charge is -2.17. The molecule has 1 fully saturated rings. The van der Waals surface area contributed by atoms with Gasteiger partial charge in [0.2, 0.25) is 11.8 Å². The summed E-state index contributed by atoms with van der Waals surface area (Å²) in [5, 5.41) is 5.73. The fraction of sp³-hybridized carbons (Fsp3) is 0.300. The van der Waals surface area contributed by atoms with Gasteiger partial charge in [0.05, 0.1) is 12.5 Å². The number of hydrogen-bond acceptors (Lipinski definition) is 5. The van der Waals surface area contributed by atoms with E-state index in [1.807, 2.05) is 19.1 Å². The number of carbonyl (C=O) groups is 3. The van der Waals surface area contributed by atoms with Crippen LogP contribution in [-0.2, 0) is 27.3 Å². The summed E-state index contributed by atoms with van der Waals surface area (Å²) in [7, 11) is 0. The highest BCUT2D eigenvalue weighted by molar-refractivity contribution is 6.00. The van der Waals surface area contributed by atoms with E-state index in [2.05, 4.69) is 29.7 Å². The summed E-state index contributed by atoms with van der Waals surface area (Å²) in [6, 6.07) is 22.2. The maximum absolute atomic E-state index is 12.7. The lowest BCUT2D eigenvalue weighted by atomic mass is 10.1. The number of amides is 3. The van der Waals surface area contributed by atoms with Crippen molar-refractivity contribution in [2.45, 2.75) is 33.2 Å². The predicted octanol–water partition coefficient (Wildman–Crippen LogP) is 4.33. The van der Waals surface area contributed by atoms with Crippen molar-refractivity contribution >= 4 is 29.1 Å². The second-order valence-electron chi connectivity index (χ2n) is 9.08. The van der Waals surface area contributed by atoms with Gasteiger partial charge in [-0.2, -0.15) is 0 Å². The van der Waals surface area contributed by atoms with E-state index in [-0.39, 0.29) is 30.7 Å². The average Bonchev–Trinajstić information content (AvgIpc) is 3.34. The molecule has 198 valence electrons. The Labute approximate surface area is 222 Å². The molecular weight excluding hydrogens is 482 g/mol. The number of aryl methyl sites for hydroxylation is 1. The predicted molar refractivity (Wildman–Crippen MR) is 146 cm³/mol. The number of nitrogens with one attached hydrogen (secondary N) is 2. The van der Waals surface area contributed by atoms with Gasteiger partial charge < -0.3 is 25.0 Å². The van der Waals surface area contributed by atoms with Gasteiger partial charge in [-0.05, 0) is 73.0 Å². The Hall–Kier alpha value is -4.33. The fourth-order valence-corrected chi connectivity index (χ4v) is 4.23. The van der Waals surface area contributed by atoms with Crippen LogP contribution in [0.3, 0.4) is 0 Å². The second kappa shape index (κ2) is 12.8. The topological polar surface area (TPSA) is 97.0 Å². The van der Waals surface area contributed by atoms with Crippen LogP contribution in [0.1, 0.15) is 31.4 Å². The molecule has 1 heterocycles. The van der Waals surface area contributed by atoms with Crippen LogP contribution in [0.4, 0.5) is 11.4 Å². The van der Waals surface area contributed by atoms with Crippen molar-refractivity contribution in [3.8, 4) is 11.5 Å². The molecule has 0 bridgehead atoms. The van der Waals surface area contributed by atoms with Crippen molar-refractivity contribution in [3.63, 3.8) is 0 Å². The number of anilines is 2. The summed E-state index contributed by atoms with van der Waals surface area (Å²) in [6.07, 6.45) is 1.14. The molecule has 8 heteroatoms. The molecule has 0 radical (unpaired) electrons. The van der Waals surface area contributed by atoms with E-state index in [4.69, 9.17) is 9.47 Å². The Morgan fingerprint density at radius 2 is 1.50 bits per heavy atom. The van der Waals surface area contributed by atoms with Gasteiger partial charge in [-0.15, -0.1) is 0 Å². The van der Waals surface area contributed by atoms with E-state index >= 15 is 0 Å². The molecule has 1 aliphatic heterocycles. The number of rotatable bonds is 11. The molecule has 38 heavy (non-hydrogen) atoms. The third kappa shape index (κ3) is 7.12. The third-order valence-corrected chi connectivity index (χ3v) is 6.36. The van der Waals surface area contributed by atoms with Gasteiger partial charge in [-0.3, -0.25) is 14.4 Å². The number of carbonyl (C=O) groups excluding carboxylic acids is 3. The summed E-state index contributed by atoms with van der Waals surface area (Å²) in [4.78, 5) is 39.2. The molecule has 3 aromatic rings. The summed E-state index contributed by atoms with van der Waals surface area (Å²) in [5.74, 6) is 0.330. The molecule has 3 amide bonds. The van der Waals surface area contributed by atoms with Crippen LogP contribution in [0.25, 0.3) is 0 Å². The molecule has 0 saturated carbocycles. The van der Waals surface area contributed by atoms with Crippen LogP contribution in [0.2, 0.25) is 0 Å². The second-order valence-corrected chi connectivity index (χ2v) is 9.08. The smallest absolute Gasteiger partial charge is 0.262 e. The van der Waals surface area contributed by atoms with E-state index < -0.39 is 5.92 Å². The first kappa shape index (κ1) is 26.7. The van der Waals surface area contributed by atoms with Crippen molar-refractivity contribution < 1.29 is 23.9 Å². The van der Waals surface area contributed by atoms with Gasteiger partial charge in [0, 0.05) is 30.9 Å². The van der Waals surface area contributed by atoms with E-state index in [9.17, 15) is 14.4 Å². The van der Waals surface area contributed by atoms with Crippen LogP contribution in [0.5, 0.6) is 11.5 Å². The monoisotopic (exact) mass is 515 g/mol. The Balaban J connectivity index is 1.24. The molecule has 3 aromatic carbocycles. The zero-order chi connectivity index (χ0) is 26.9. The normalized spacial score (nSPS) is 14.7. The van der Waals surface area contributed by atoms with Gasteiger partial charge >= 0.3 is 0 Å². The van der Waals surface area contributed by atoms with Gasteiger partial charge in [-0.25, -0.2) is 0 Å². The summed E-state index contributed by atoms with van der Waals surface area (Å²) in [5.41, 5.74) is 3.62. The molecule has 1 saturated heterocycles. The molecule has 0 spiro atoms. The third-order valence-electron chi connectivity index (χ3n) is 6.36. The standard InChI is InChI=1S/C30H33N3O5/c1-3-21-5-7-22(8-6-21)18-31-30(36)23-17-29(35)33(19-23)25-11-15-27(16-12-25)38-20-28(34)32-24-9-13-26(14-10-24)37-4-2/h5-16,23H,3-4,17-20H2,1-2H3,(H,31,36)(H,32,34)/t23-/m0/s1. The van der Waals surface area contributed by atoms with Crippen molar-refractivity contribution in [3.05, 3.63) is 83.9 Å². The minimum Gasteiger partial charge on any atom is -0.494 e. The molecule has 1 aliphatic rings. The largest absolute Gasteiger partial charge is 0.494 e. The van der Waals surface area contributed by atoms with Crippen molar-refractivity contribution in [2.75, 3.05) is 30.0 Å². The minimum absolute atomic E-state index is 0.0964. The first-order chi connectivity index (χ1) is 18.4. The van der Waals surface area contributed by atoms with Gasteiger partial charge in [0.25, 0.3) is 5.91 Å². The quantitative estimate of drug-likeness (QED) is 0.396. The highest BCUT2D eigenvalue weighted by Gasteiger charge is 2.35. The molecule has 1 atom stereocenters. The highest BCUT2D eigenvalue weighted by atomic mass is 16.5. The first-order valence-corrected chi connectivity index (χ1v) is 12.9. The number of nitrogens with zero attached hydrogens (tertiary/aromatic N) is 1. The Bertz CT molecular complexity index is 1240. The van der Waals surface area contributed by atoms with Gasteiger partial charge in [0.15, 0.2) is 6.61 Å². The van der Waals surface area contributed by atoms with Crippen LogP contribution < -0.4 is 25.0 Å². The Morgan fingerprint density at radius 1 is 0.868 bits per heavy atom.